The Morgan fingerprint density at radius 3 is 2.94 bits per heavy atom. The SMILES string of the molecule is CCc1nn(C)cc1NC(=O)c1cccc(Cl)n1. The van der Waals surface area contributed by atoms with Crippen LogP contribution < -0.4 is 5.32 Å². The molecular formula is C12H13ClN4O. The first-order valence-electron chi connectivity index (χ1n) is 5.56. The highest BCUT2D eigenvalue weighted by Gasteiger charge is 2.12. The van der Waals surface area contributed by atoms with Crippen LogP contribution in [0.25, 0.3) is 0 Å². The lowest BCUT2D eigenvalue weighted by Gasteiger charge is -2.03. The number of aryl methyl sites for hydroxylation is 2. The molecule has 0 unspecified atom stereocenters. The molecule has 6 heteroatoms. The third-order valence-electron chi connectivity index (χ3n) is 2.44. The minimum absolute atomic E-state index is 0.286. The molecule has 0 saturated carbocycles. The van der Waals surface area contributed by atoms with Gasteiger partial charge in [-0.3, -0.25) is 9.48 Å². The molecular weight excluding hydrogens is 252 g/mol. The molecule has 0 saturated heterocycles. The zero-order valence-electron chi connectivity index (χ0n) is 10.1. The molecule has 0 aliphatic carbocycles. The fraction of sp³-hybridized carbons (Fsp3) is 0.250. The van der Waals surface area contributed by atoms with Gasteiger partial charge in [-0.25, -0.2) is 4.98 Å². The Morgan fingerprint density at radius 1 is 1.50 bits per heavy atom. The molecule has 2 aromatic heterocycles. The van der Waals surface area contributed by atoms with Crippen molar-refractivity contribution < 1.29 is 4.79 Å². The Balaban J connectivity index is 2.21. The summed E-state index contributed by atoms with van der Waals surface area (Å²) in [7, 11) is 1.81. The molecule has 0 bridgehead atoms. The number of hydrogen-bond donors (Lipinski definition) is 1. The van der Waals surface area contributed by atoms with E-state index in [4.69, 9.17) is 11.6 Å². The lowest BCUT2D eigenvalue weighted by atomic mass is 10.3. The Kier molecular flexibility index (Phi) is 3.62. The number of nitrogens with zero attached hydrogens (tertiary/aromatic N) is 3. The third-order valence-corrected chi connectivity index (χ3v) is 2.65. The Labute approximate surface area is 110 Å². The van der Waals surface area contributed by atoms with Gasteiger partial charge in [-0.15, -0.1) is 0 Å². The summed E-state index contributed by atoms with van der Waals surface area (Å²) >= 11 is 5.75. The number of carbonyl (C=O) groups excluding carboxylic acids is 1. The van der Waals surface area contributed by atoms with Gasteiger partial charge in [0.1, 0.15) is 10.8 Å². The van der Waals surface area contributed by atoms with Gasteiger partial charge in [0.05, 0.1) is 11.4 Å². The summed E-state index contributed by atoms with van der Waals surface area (Å²) in [6.45, 7) is 1.98. The lowest BCUT2D eigenvalue weighted by Crippen LogP contribution is -2.14. The second-order valence-electron chi connectivity index (χ2n) is 3.82. The van der Waals surface area contributed by atoms with Crippen molar-refractivity contribution in [3.63, 3.8) is 0 Å². The summed E-state index contributed by atoms with van der Waals surface area (Å²) in [5.41, 5.74) is 1.83. The number of rotatable bonds is 3. The van der Waals surface area contributed by atoms with Gasteiger partial charge in [0.2, 0.25) is 0 Å². The van der Waals surface area contributed by atoms with Crippen LogP contribution >= 0.6 is 11.6 Å². The highest BCUT2D eigenvalue weighted by atomic mass is 35.5. The average molecular weight is 265 g/mol. The predicted octanol–water partition coefficient (Wildman–Crippen LogP) is 2.28. The van der Waals surface area contributed by atoms with Crippen molar-refractivity contribution in [3.05, 3.63) is 40.9 Å². The fourth-order valence-electron chi connectivity index (χ4n) is 1.62. The summed E-state index contributed by atoms with van der Waals surface area (Å²) in [5.74, 6) is -0.291. The monoisotopic (exact) mass is 264 g/mol. The molecule has 2 aromatic rings. The number of halogens is 1. The number of amides is 1. The number of anilines is 1. The molecule has 0 spiro atoms. The maximum atomic E-state index is 12.0. The maximum Gasteiger partial charge on any atom is 0.274 e. The predicted molar refractivity (Wildman–Crippen MR) is 69.8 cm³/mol. The number of hydrogen-bond acceptors (Lipinski definition) is 3. The van der Waals surface area contributed by atoms with Crippen molar-refractivity contribution in [2.24, 2.45) is 7.05 Å². The van der Waals surface area contributed by atoms with Gasteiger partial charge in [-0.05, 0) is 18.6 Å². The van der Waals surface area contributed by atoms with E-state index in [9.17, 15) is 4.79 Å². The van der Waals surface area contributed by atoms with Gasteiger partial charge in [0.15, 0.2) is 0 Å². The standard InChI is InChI=1S/C12H13ClN4O/c1-3-8-10(7-17(2)16-8)15-12(18)9-5-4-6-11(13)14-9/h4-7H,3H2,1-2H3,(H,15,18). The Morgan fingerprint density at radius 2 is 2.28 bits per heavy atom. The van der Waals surface area contributed by atoms with E-state index in [0.717, 1.165) is 12.1 Å². The number of aromatic nitrogens is 3. The van der Waals surface area contributed by atoms with Crippen molar-refractivity contribution >= 4 is 23.2 Å². The third kappa shape index (κ3) is 2.68. The van der Waals surface area contributed by atoms with E-state index in [1.54, 1.807) is 29.1 Å². The van der Waals surface area contributed by atoms with Crippen LogP contribution in [0, 0.1) is 0 Å². The Bertz CT molecular complexity index is 579. The van der Waals surface area contributed by atoms with E-state index in [1.165, 1.54) is 0 Å². The minimum atomic E-state index is -0.291. The molecule has 5 nitrogen and oxygen atoms in total. The van der Waals surface area contributed by atoms with Gasteiger partial charge in [0.25, 0.3) is 5.91 Å². The number of nitrogens with one attached hydrogen (secondary N) is 1. The largest absolute Gasteiger partial charge is 0.318 e. The van der Waals surface area contributed by atoms with E-state index >= 15 is 0 Å². The second-order valence-corrected chi connectivity index (χ2v) is 4.20. The summed E-state index contributed by atoms with van der Waals surface area (Å²) in [6.07, 6.45) is 2.51. The molecule has 18 heavy (non-hydrogen) atoms. The van der Waals surface area contributed by atoms with Crippen molar-refractivity contribution in [1.29, 1.82) is 0 Å². The molecule has 0 atom stereocenters. The van der Waals surface area contributed by atoms with Crippen LogP contribution in [0.1, 0.15) is 23.1 Å². The van der Waals surface area contributed by atoms with Crippen LogP contribution in [0.5, 0.6) is 0 Å². The van der Waals surface area contributed by atoms with E-state index in [-0.39, 0.29) is 11.6 Å². The fourth-order valence-corrected chi connectivity index (χ4v) is 1.78. The van der Waals surface area contributed by atoms with Crippen LogP contribution in [0.15, 0.2) is 24.4 Å². The van der Waals surface area contributed by atoms with Crippen molar-refractivity contribution in [2.75, 3.05) is 5.32 Å². The van der Waals surface area contributed by atoms with Crippen molar-refractivity contribution in [2.45, 2.75) is 13.3 Å². The van der Waals surface area contributed by atoms with Crippen molar-refractivity contribution in [1.82, 2.24) is 14.8 Å². The first-order valence-corrected chi connectivity index (χ1v) is 5.94. The lowest BCUT2D eigenvalue weighted by molar-refractivity contribution is 0.102. The number of carbonyl (C=O) groups is 1. The van der Waals surface area contributed by atoms with E-state index in [1.807, 2.05) is 14.0 Å². The first-order chi connectivity index (χ1) is 8.60. The van der Waals surface area contributed by atoms with Gasteiger partial charge in [-0.2, -0.15) is 5.10 Å². The molecule has 0 radical (unpaired) electrons. The summed E-state index contributed by atoms with van der Waals surface area (Å²) < 4.78 is 1.67. The molecule has 0 aliphatic rings. The number of pyridine rings is 1. The van der Waals surface area contributed by atoms with Crippen LogP contribution in [0.3, 0.4) is 0 Å². The highest BCUT2D eigenvalue weighted by Crippen LogP contribution is 2.15. The summed E-state index contributed by atoms with van der Waals surface area (Å²) in [6, 6.07) is 4.93. The smallest absolute Gasteiger partial charge is 0.274 e. The topological polar surface area (TPSA) is 59.8 Å². The highest BCUT2D eigenvalue weighted by molar-refractivity contribution is 6.29. The second kappa shape index (κ2) is 5.18. The van der Waals surface area contributed by atoms with Crippen LogP contribution in [-0.2, 0) is 13.5 Å². The maximum absolute atomic E-state index is 12.0. The van der Waals surface area contributed by atoms with Crippen LogP contribution in [-0.4, -0.2) is 20.7 Å². The average Bonchev–Trinajstić information content (AvgIpc) is 2.69. The molecule has 0 aromatic carbocycles. The molecule has 94 valence electrons. The zero-order valence-corrected chi connectivity index (χ0v) is 10.9. The molecule has 1 N–H and O–H groups in total. The van der Waals surface area contributed by atoms with Gasteiger partial charge >= 0.3 is 0 Å². The summed E-state index contributed by atoms with van der Waals surface area (Å²) in [5, 5.41) is 7.33. The van der Waals surface area contributed by atoms with E-state index in [2.05, 4.69) is 15.4 Å². The molecule has 1 amide bonds. The van der Waals surface area contributed by atoms with Crippen molar-refractivity contribution in [3.8, 4) is 0 Å². The van der Waals surface area contributed by atoms with Crippen LogP contribution in [0.2, 0.25) is 5.15 Å². The quantitative estimate of drug-likeness (QED) is 0.866. The first kappa shape index (κ1) is 12.6. The molecule has 2 rings (SSSR count). The summed E-state index contributed by atoms with van der Waals surface area (Å²) in [4.78, 5) is 15.9. The minimum Gasteiger partial charge on any atom is -0.318 e. The van der Waals surface area contributed by atoms with E-state index < -0.39 is 0 Å². The van der Waals surface area contributed by atoms with Gasteiger partial charge < -0.3 is 5.32 Å². The van der Waals surface area contributed by atoms with Gasteiger partial charge in [-0.1, -0.05) is 24.6 Å². The Hall–Kier alpha value is -1.88. The molecule has 0 fully saturated rings. The zero-order chi connectivity index (χ0) is 13.1. The van der Waals surface area contributed by atoms with Crippen LogP contribution in [0.4, 0.5) is 5.69 Å². The van der Waals surface area contributed by atoms with E-state index in [0.29, 0.717) is 10.8 Å². The molecule has 2 heterocycles. The van der Waals surface area contributed by atoms with Gasteiger partial charge in [0, 0.05) is 13.2 Å². The molecule has 0 aliphatic heterocycles. The normalized spacial score (nSPS) is 10.4.